The molecule has 1 heterocycles. The molecule has 0 aliphatic carbocycles. The van der Waals surface area contributed by atoms with Crippen molar-refractivity contribution in [3.05, 3.63) is 30.9 Å². The zero-order valence-electron chi connectivity index (χ0n) is 5.98. The largest absolute Gasteiger partial charge is 0.289 e. The lowest BCUT2D eigenvalue weighted by molar-refractivity contribution is 0.104. The number of allylic oxidation sites excluding steroid dienone is 1. The predicted molar refractivity (Wildman–Crippen MR) is 58.5 cm³/mol. The molecule has 0 bridgehead atoms. The Bertz CT molecular complexity index is 365. The summed E-state index contributed by atoms with van der Waals surface area (Å²) in [5.74, 6) is -0.354. The molecule has 0 aliphatic rings. The van der Waals surface area contributed by atoms with Crippen LogP contribution in [-0.2, 0) is 0 Å². The highest BCUT2D eigenvalue weighted by atomic mass is 35.5. The quantitative estimate of drug-likeness (QED) is 0.571. The van der Waals surface area contributed by atoms with Gasteiger partial charge in [0.15, 0.2) is 5.78 Å². The molecule has 1 aromatic rings. The summed E-state index contributed by atoms with van der Waals surface area (Å²) in [4.78, 5) is 11.3. The van der Waals surface area contributed by atoms with Gasteiger partial charge in [-0.2, -0.15) is 0 Å². The van der Waals surface area contributed by atoms with E-state index in [1.165, 1.54) is 6.07 Å². The second kappa shape index (κ2) is 4.67. The van der Waals surface area contributed by atoms with Crippen LogP contribution in [0.4, 0.5) is 0 Å². The molecule has 0 aromatic carbocycles. The van der Waals surface area contributed by atoms with Crippen molar-refractivity contribution in [2.24, 2.45) is 0 Å². The summed E-state index contributed by atoms with van der Waals surface area (Å²) in [6.07, 6.45) is 1.08. The molecule has 0 fully saturated rings. The molecule has 0 saturated carbocycles. The highest BCUT2D eigenvalue weighted by Crippen LogP contribution is 2.31. The highest BCUT2D eigenvalue weighted by molar-refractivity contribution is 7.20. The zero-order chi connectivity index (χ0) is 10.0. The highest BCUT2D eigenvalue weighted by Gasteiger charge is 2.12. The maximum absolute atomic E-state index is 11.3. The molecular weight excluding hydrogens is 274 g/mol. The Balaban J connectivity index is 3.02. The molecule has 0 saturated heterocycles. The van der Waals surface area contributed by atoms with Crippen LogP contribution < -0.4 is 0 Å². The van der Waals surface area contributed by atoms with Crippen LogP contribution in [0.2, 0.25) is 8.67 Å². The van der Waals surface area contributed by atoms with Crippen LogP contribution in [0.15, 0.2) is 16.6 Å². The summed E-state index contributed by atoms with van der Waals surface area (Å²) in [6, 6.07) is 1.48. The van der Waals surface area contributed by atoms with Crippen molar-refractivity contribution in [3.63, 3.8) is 0 Å². The number of carbonyl (C=O) groups excluding carboxylic acids is 1. The Morgan fingerprint density at radius 2 is 2.00 bits per heavy atom. The Kier molecular flexibility index (Phi) is 4.07. The van der Waals surface area contributed by atoms with Gasteiger partial charge in [0.05, 0.1) is 9.90 Å². The van der Waals surface area contributed by atoms with E-state index in [1.54, 1.807) is 0 Å². The number of rotatable bonds is 2. The van der Waals surface area contributed by atoms with Gasteiger partial charge in [0.1, 0.15) is 8.83 Å². The summed E-state index contributed by atoms with van der Waals surface area (Å²) in [5.41, 5.74) is 0.315. The minimum Gasteiger partial charge on any atom is -0.289 e. The number of hydrogen-bond acceptors (Lipinski definition) is 2. The van der Waals surface area contributed by atoms with Gasteiger partial charge < -0.3 is 0 Å². The third kappa shape index (κ3) is 3.15. The summed E-state index contributed by atoms with van der Waals surface area (Å²) >= 11 is 23.1. The van der Waals surface area contributed by atoms with Crippen LogP contribution in [0.5, 0.6) is 0 Å². The minimum absolute atomic E-state index is 0.108. The molecule has 1 nitrogen and oxygen atoms in total. The fraction of sp³-hybridized carbons (Fsp3) is 0. The van der Waals surface area contributed by atoms with Gasteiger partial charge in [-0.25, -0.2) is 0 Å². The topological polar surface area (TPSA) is 17.1 Å². The molecule has 6 heteroatoms. The standard InChI is InChI=1S/C7H2Cl4OS/c8-5(9)2-4(12)3-1-6(10)13-7(3)11/h1-2H. The second-order valence-electron chi connectivity index (χ2n) is 2.04. The number of hydrogen-bond donors (Lipinski definition) is 0. The van der Waals surface area contributed by atoms with E-state index < -0.39 is 0 Å². The van der Waals surface area contributed by atoms with Gasteiger partial charge >= 0.3 is 0 Å². The fourth-order valence-corrected chi connectivity index (χ4v) is 2.36. The van der Waals surface area contributed by atoms with Gasteiger partial charge in [0, 0.05) is 6.08 Å². The summed E-state index contributed by atoms with van der Waals surface area (Å²) < 4.78 is 0.677. The molecule has 0 unspecified atom stereocenters. The molecule has 0 atom stereocenters. The molecule has 0 amide bonds. The van der Waals surface area contributed by atoms with E-state index in [0.29, 0.717) is 14.2 Å². The molecule has 0 aliphatic heterocycles. The van der Waals surface area contributed by atoms with Crippen molar-refractivity contribution >= 4 is 63.5 Å². The second-order valence-corrected chi connectivity index (χ2v) is 5.33. The third-order valence-electron chi connectivity index (χ3n) is 1.16. The number of ketones is 1. The smallest absolute Gasteiger partial charge is 0.190 e. The van der Waals surface area contributed by atoms with E-state index in [4.69, 9.17) is 46.4 Å². The van der Waals surface area contributed by atoms with Crippen molar-refractivity contribution in [1.29, 1.82) is 0 Å². The normalized spacial score (nSPS) is 9.85. The van der Waals surface area contributed by atoms with E-state index in [-0.39, 0.29) is 10.3 Å². The summed E-state index contributed by atoms with van der Waals surface area (Å²) in [6.45, 7) is 0. The first-order valence-corrected chi connectivity index (χ1v) is 5.35. The van der Waals surface area contributed by atoms with Crippen LogP contribution >= 0.6 is 57.7 Å². The number of carbonyl (C=O) groups is 1. The van der Waals surface area contributed by atoms with Crippen molar-refractivity contribution in [2.75, 3.05) is 0 Å². The van der Waals surface area contributed by atoms with Crippen molar-refractivity contribution < 1.29 is 4.79 Å². The lowest BCUT2D eigenvalue weighted by Crippen LogP contribution is -1.91. The SMILES string of the molecule is O=C(C=C(Cl)Cl)c1cc(Cl)sc1Cl. The molecule has 70 valence electrons. The lowest BCUT2D eigenvalue weighted by atomic mass is 10.2. The van der Waals surface area contributed by atoms with Crippen molar-refractivity contribution in [1.82, 2.24) is 0 Å². The summed E-state index contributed by atoms with van der Waals surface area (Å²) in [7, 11) is 0. The Morgan fingerprint density at radius 3 is 2.38 bits per heavy atom. The van der Waals surface area contributed by atoms with Crippen LogP contribution in [0.3, 0.4) is 0 Å². The molecule has 1 rings (SSSR count). The molecule has 1 aromatic heterocycles. The molecule has 0 spiro atoms. The minimum atomic E-state index is -0.354. The van der Waals surface area contributed by atoms with Gasteiger partial charge in [-0.3, -0.25) is 4.79 Å². The summed E-state index contributed by atoms with van der Waals surface area (Å²) in [5, 5.41) is 0. The number of halogens is 4. The molecule has 0 N–H and O–H groups in total. The first-order valence-electron chi connectivity index (χ1n) is 3.02. The zero-order valence-corrected chi connectivity index (χ0v) is 9.82. The monoisotopic (exact) mass is 274 g/mol. The predicted octanol–water partition coefficient (Wildman–Crippen LogP) is 4.56. The molecular formula is C7H2Cl4OS. The van der Waals surface area contributed by atoms with E-state index >= 15 is 0 Å². The maximum atomic E-state index is 11.3. The van der Waals surface area contributed by atoms with Crippen molar-refractivity contribution in [3.8, 4) is 0 Å². The van der Waals surface area contributed by atoms with E-state index in [2.05, 4.69) is 0 Å². The average molecular weight is 276 g/mol. The van der Waals surface area contributed by atoms with Crippen molar-refractivity contribution in [2.45, 2.75) is 0 Å². The Labute approximate surface area is 98.9 Å². The van der Waals surface area contributed by atoms with E-state index in [1.807, 2.05) is 0 Å². The molecule has 13 heavy (non-hydrogen) atoms. The average Bonchev–Trinajstić information content (AvgIpc) is 2.28. The lowest BCUT2D eigenvalue weighted by Gasteiger charge is -1.89. The van der Waals surface area contributed by atoms with Crippen LogP contribution in [0, 0.1) is 0 Å². The Hall–Kier alpha value is 0.270. The van der Waals surface area contributed by atoms with Gasteiger partial charge in [0.25, 0.3) is 0 Å². The van der Waals surface area contributed by atoms with Crippen LogP contribution in [0.25, 0.3) is 0 Å². The third-order valence-corrected chi connectivity index (χ3v) is 2.87. The Morgan fingerprint density at radius 1 is 1.38 bits per heavy atom. The molecule has 0 radical (unpaired) electrons. The van der Waals surface area contributed by atoms with Crippen LogP contribution in [-0.4, -0.2) is 5.78 Å². The van der Waals surface area contributed by atoms with Gasteiger partial charge in [-0.15, -0.1) is 11.3 Å². The van der Waals surface area contributed by atoms with E-state index in [9.17, 15) is 4.79 Å². The fourth-order valence-electron chi connectivity index (χ4n) is 0.685. The van der Waals surface area contributed by atoms with Gasteiger partial charge in [-0.1, -0.05) is 46.4 Å². The van der Waals surface area contributed by atoms with E-state index in [0.717, 1.165) is 17.4 Å². The first-order chi connectivity index (χ1) is 6.00. The maximum Gasteiger partial charge on any atom is 0.190 e. The van der Waals surface area contributed by atoms with Crippen LogP contribution in [0.1, 0.15) is 10.4 Å². The van der Waals surface area contributed by atoms with Gasteiger partial charge in [-0.05, 0) is 6.07 Å². The first kappa shape index (κ1) is 11.3. The van der Waals surface area contributed by atoms with Gasteiger partial charge in [0.2, 0.25) is 0 Å². The number of thiophene rings is 1.